The maximum absolute atomic E-state index is 14.6. The van der Waals surface area contributed by atoms with Gasteiger partial charge in [-0.2, -0.15) is 0 Å². The molecule has 0 spiro atoms. The Labute approximate surface area is 305 Å². The number of hydrogen-bond donors (Lipinski definition) is 2. The summed E-state index contributed by atoms with van der Waals surface area (Å²) < 4.78 is 17.0. The van der Waals surface area contributed by atoms with E-state index in [9.17, 15) is 19.2 Å². The van der Waals surface area contributed by atoms with Crippen molar-refractivity contribution in [1.82, 2.24) is 15.8 Å². The minimum Gasteiger partial charge on any atom is -0.459 e. The van der Waals surface area contributed by atoms with E-state index < -0.39 is 41.7 Å². The van der Waals surface area contributed by atoms with Gasteiger partial charge in [-0.05, 0) is 66.5 Å². The minimum absolute atomic E-state index is 0.00927. The Bertz CT molecular complexity index is 1790. The minimum atomic E-state index is -1.31. The lowest BCUT2D eigenvalue weighted by Crippen LogP contribution is -2.61. The fourth-order valence-corrected chi connectivity index (χ4v) is 6.27. The van der Waals surface area contributed by atoms with Crippen molar-refractivity contribution in [3.05, 3.63) is 131 Å². The van der Waals surface area contributed by atoms with Crippen molar-refractivity contribution >= 4 is 24.1 Å². The highest BCUT2D eigenvalue weighted by molar-refractivity contribution is 5.91. The van der Waals surface area contributed by atoms with E-state index in [0.717, 1.165) is 38.4 Å². The molecule has 10 heteroatoms. The van der Waals surface area contributed by atoms with Crippen molar-refractivity contribution in [1.29, 1.82) is 0 Å². The molecule has 0 aliphatic heterocycles. The third-order valence-corrected chi connectivity index (χ3v) is 8.57. The van der Waals surface area contributed by atoms with Crippen LogP contribution in [0.4, 0.5) is 9.59 Å². The average Bonchev–Trinajstić information content (AvgIpc) is 3.44. The molecule has 1 aliphatic carbocycles. The fraction of sp³-hybridized carbons (Fsp3) is 0.333. The van der Waals surface area contributed by atoms with Crippen LogP contribution in [0, 0.1) is 5.92 Å². The topological polar surface area (TPSA) is 123 Å². The molecule has 0 heterocycles. The summed E-state index contributed by atoms with van der Waals surface area (Å²) in [7, 11) is 0. The first-order valence-electron chi connectivity index (χ1n) is 17.6. The molecule has 0 aromatic heterocycles. The summed E-state index contributed by atoms with van der Waals surface area (Å²) in [4.78, 5) is 55.3. The summed E-state index contributed by atoms with van der Waals surface area (Å²) in [6.45, 7) is 8.87. The Kier molecular flexibility index (Phi) is 12.3. The highest BCUT2D eigenvalue weighted by atomic mass is 16.6. The van der Waals surface area contributed by atoms with Gasteiger partial charge in [0, 0.05) is 12.3 Å². The maximum Gasteiger partial charge on any atom is 0.426 e. The van der Waals surface area contributed by atoms with E-state index in [1.54, 1.807) is 20.8 Å². The van der Waals surface area contributed by atoms with E-state index in [-0.39, 0.29) is 37.9 Å². The maximum atomic E-state index is 14.6. The molecule has 10 nitrogen and oxygen atoms in total. The molecular weight excluding hydrogens is 658 g/mol. The largest absolute Gasteiger partial charge is 0.459 e. The van der Waals surface area contributed by atoms with Crippen molar-refractivity contribution < 1.29 is 33.4 Å². The van der Waals surface area contributed by atoms with Gasteiger partial charge in [-0.3, -0.25) is 4.79 Å². The highest BCUT2D eigenvalue weighted by Crippen LogP contribution is 2.44. The van der Waals surface area contributed by atoms with Crippen LogP contribution in [0.2, 0.25) is 0 Å². The van der Waals surface area contributed by atoms with Crippen LogP contribution in [-0.2, 0) is 36.8 Å². The highest BCUT2D eigenvalue weighted by Gasteiger charge is 2.39. The molecule has 4 aromatic carbocycles. The number of rotatable bonds is 12. The number of fused-ring (bicyclic) bond motifs is 3. The summed E-state index contributed by atoms with van der Waals surface area (Å²) >= 11 is 0. The van der Waals surface area contributed by atoms with Crippen molar-refractivity contribution in [3.63, 3.8) is 0 Å². The normalized spacial score (nSPS) is 13.3. The number of benzene rings is 4. The van der Waals surface area contributed by atoms with Gasteiger partial charge >= 0.3 is 18.2 Å². The Hall–Kier alpha value is -5.64. The molecule has 52 heavy (non-hydrogen) atoms. The number of nitrogens with one attached hydrogen (secondary N) is 2. The summed E-state index contributed by atoms with van der Waals surface area (Å²) in [5, 5.41) is 3.68. The molecule has 0 unspecified atom stereocenters. The number of carbonyl (C=O) groups excluding carboxylic acids is 4. The van der Waals surface area contributed by atoms with Crippen molar-refractivity contribution in [2.24, 2.45) is 5.92 Å². The zero-order valence-electron chi connectivity index (χ0n) is 30.3. The van der Waals surface area contributed by atoms with Gasteiger partial charge in [0.05, 0.1) is 0 Å². The number of alkyl carbamates (subject to hydrolysis) is 1. The van der Waals surface area contributed by atoms with Crippen LogP contribution in [0.25, 0.3) is 11.1 Å². The van der Waals surface area contributed by atoms with Gasteiger partial charge < -0.3 is 19.5 Å². The zero-order chi connectivity index (χ0) is 37.3. The number of carbonyl (C=O) groups is 4. The number of ether oxygens (including phenoxy) is 3. The van der Waals surface area contributed by atoms with Crippen LogP contribution in [0.15, 0.2) is 109 Å². The van der Waals surface area contributed by atoms with Crippen molar-refractivity contribution in [2.45, 2.75) is 77.7 Å². The quantitative estimate of drug-likeness (QED) is 0.0886. The molecule has 0 bridgehead atoms. The summed E-state index contributed by atoms with van der Waals surface area (Å²) in [5.74, 6) is -1.73. The molecule has 1 aliphatic rings. The molecular formula is C42H47N3O7. The zero-order valence-corrected chi connectivity index (χ0v) is 30.3. The van der Waals surface area contributed by atoms with E-state index in [1.165, 1.54) is 0 Å². The van der Waals surface area contributed by atoms with Crippen LogP contribution in [0.5, 0.6) is 0 Å². The predicted molar refractivity (Wildman–Crippen MR) is 198 cm³/mol. The van der Waals surface area contributed by atoms with Crippen LogP contribution in [0.1, 0.15) is 69.2 Å². The molecule has 5 rings (SSSR count). The lowest BCUT2D eigenvalue weighted by Gasteiger charge is -2.34. The Morgan fingerprint density at radius 1 is 0.712 bits per heavy atom. The lowest BCUT2D eigenvalue weighted by atomic mass is 9.98. The third kappa shape index (κ3) is 9.99. The molecule has 0 saturated carbocycles. The Morgan fingerprint density at radius 2 is 1.25 bits per heavy atom. The Morgan fingerprint density at radius 3 is 1.81 bits per heavy atom. The van der Waals surface area contributed by atoms with Gasteiger partial charge in [0.1, 0.15) is 24.9 Å². The second kappa shape index (κ2) is 17.0. The number of amides is 3. The molecule has 4 aromatic rings. The average molecular weight is 706 g/mol. The summed E-state index contributed by atoms with van der Waals surface area (Å²) in [6.07, 6.45) is -1.55. The van der Waals surface area contributed by atoms with Crippen molar-refractivity contribution in [3.8, 4) is 11.1 Å². The molecule has 2 N–H and O–H groups in total. The first kappa shape index (κ1) is 37.6. The van der Waals surface area contributed by atoms with Crippen LogP contribution >= 0.6 is 0 Å². The molecule has 272 valence electrons. The van der Waals surface area contributed by atoms with E-state index in [2.05, 4.69) is 22.9 Å². The predicted octanol–water partition coefficient (Wildman–Crippen LogP) is 7.56. The van der Waals surface area contributed by atoms with Gasteiger partial charge in [-0.25, -0.2) is 24.8 Å². The van der Waals surface area contributed by atoms with Crippen LogP contribution in [-0.4, -0.2) is 53.4 Å². The van der Waals surface area contributed by atoms with Gasteiger partial charge in [0.15, 0.2) is 6.04 Å². The smallest absolute Gasteiger partial charge is 0.426 e. The first-order valence-corrected chi connectivity index (χ1v) is 17.6. The van der Waals surface area contributed by atoms with Gasteiger partial charge in [-0.1, -0.05) is 123 Å². The lowest BCUT2D eigenvalue weighted by molar-refractivity contribution is -0.159. The number of hydrogen-bond acceptors (Lipinski definition) is 7. The molecule has 0 saturated heterocycles. The number of hydrazine groups is 1. The van der Waals surface area contributed by atoms with E-state index >= 15 is 0 Å². The fourth-order valence-electron chi connectivity index (χ4n) is 6.27. The van der Waals surface area contributed by atoms with Crippen molar-refractivity contribution in [2.75, 3.05) is 6.61 Å². The van der Waals surface area contributed by atoms with Gasteiger partial charge in [0.2, 0.25) is 0 Å². The second-order valence-corrected chi connectivity index (χ2v) is 14.3. The molecule has 2 atom stereocenters. The van der Waals surface area contributed by atoms with E-state index in [4.69, 9.17) is 14.2 Å². The van der Waals surface area contributed by atoms with E-state index in [1.807, 2.05) is 111 Å². The molecule has 0 fully saturated rings. The van der Waals surface area contributed by atoms with Gasteiger partial charge in [-0.15, -0.1) is 0 Å². The van der Waals surface area contributed by atoms with E-state index in [0.29, 0.717) is 0 Å². The van der Waals surface area contributed by atoms with Crippen LogP contribution < -0.4 is 10.7 Å². The molecule has 0 radical (unpaired) electrons. The number of esters is 1. The third-order valence-electron chi connectivity index (χ3n) is 8.57. The standard InChI is InChI=1S/C42H47N3O7/c1-28(2)24-36(43-40(48)51-27-35-33-22-14-12-20-31(33)32-21-13-15-23-34(32)35)38(46)45(44-41(49)52-42(3,4)5)37(25-29-16-8-6-9-17-29)39(47)50-26-30-18-10-7-11-19-30/h6-23,28,35-37H,24-27H2,1-5H3,(H,43,48)(H,44,49)/t36-,37+/m0/s1. The SMILES string of the molecule is CC(C)C[C@H](NC(=O)OCC1c2ccccc2-c2ccccc21)C(=O)N(NC(=O)OC(C)(C)C)[C@H](Cc1ccccc1)C(=O)OCc1ccccc1. The number of nitrogens with zero attached hydrogens (tertiary/aromatic N) is 1. The van der Waals surface area contributed by atoms with Gasteiger partial charge in [0.25, 0.3) is 5.91 Å². The second-order valence-electron chi connectivity index (χ2n) is 14.3. The first-order chi connectivity index (χ1) is 24.9. The summed E-state index contributed by atoms with van der Waals surface area (Å²) in [6, 6.07) is 31.8. The Balaban J connectivity index is 1.40. The van der Waals surface area contributed by atoms with Crippen LogP contribution in [0.3, 0.4) is 0 Å². The molecule has 3 amide bonds. The summed E-state index contributed by atoms with van der Waals surface area (Å²) in [5.41, 5.74) is 7.38. The monoisotopic (exact) mass is 705 g/mol.